The molecule has 0 spiro atoms. The van der Waals surface area contributed by atoms with Crippen LogP contribution in [-0.4, -0.2) is 33.7 Å². The van der Waals surface area contributed by atoms with Crippen LogP contribution in [0.4, 0.5) is 0 Å². The number of likely N-dealkylation sites (tertiary alicyclic amines) is 1. The summed E-state index contributed by atoms with van der Waals surface area (Å²) in [7, 11) is 0. The summed E-state index contributed by atoms with van der Waals surface area (Å²) < 4.78 is 2.10. The maximum absolute atomic E-state index is 13.2. The Hall–Kier alpha value is -1.32. The molecule has 0 atom stereocenters. The van der Waals surface area contributed by atoms with Crippen LogP contribution in [0.1, 0.15) is 19.8 Å². The molecule has 1 saturated heterocycles. The number of carbonyl (C=O) groups is 1. The predicted octanol–water partition coefficient (Wildman–Crippen LogP) is 1.59. The fourth-order valence-electron chi connectivity index (χ4n) is 8.14. The first-order valence-electron chi connectivity index (χ1n) is 8.99. The third kappa shape index (κ3) is 0.760. The van der Waals surface area contributed by atoms with E-state index >= 15 is 0 Å². The summed E-state index contributed by atoms with van der Waals surface area (Å²) in [5.41, 5.74) is 0.278. The average Bonchev–Trinajstić information content (AvgIpc) is 3.10. The summed E-state index contributed by atoms with van der Waals surface area (Å²) in [6.45, 7) is 4.13. The van der Waals surface area contributed by atoms with Crippen LogP contribution in [0.2, 0.25) is 0 Å². The molecule has 1 amide bonds. The fourth-order valence-corrected chi connectivity index (χ4v) is 8.14. The molecule has 6 saturated carbocycles. The molecule has 22 heavy (non-hydrogen) atoms. The Balaban J connectivity index is 1.12. The molecule has 0 bridgehead atoms. The van der Waals surface area contributed by atoms with Gasteiger partial charge in [-0.1, -0.05) is 0 Å². The number of rotatable bonds is 2. The lowest BCUT2D eigenvalue weighted by molar-refractivity contribution is -0.597. The van der Waals surface area contributed by atoms with Gasteiger partial charge in [0.1, 0.15) is 0 Å². The molecule has 4 nitrogen and oxygen atoms in total. The van der Waals surface area contributed by atoms with Crippen molar-refractivity contribution in [3.63, 3.8) is 0 Å². The highest BCUT2D eigenvalue weighted by Gasteiger charge is 3.06. The van der Waals surface area contributed by atoms with E-state index in [0.29, 0.717) is 5.91 Å². The topological polar surface area (TPSA) is 38.1 Å². The van der Waals surface area contributed by atoms with E-state index in [4.69, 9.17) is 0 Å². The van der Waals surface area contributed by atoms with E-state index in [0.717, 1.165) is 67.4 Å². The Morgan fingerprint density at radius 2 is 1.73 bits per heavy atom. The van der Waals surface area contributed by atoms with Gasteiger partial charge in [0.15, 0.2) is 0 Å². The Morgan fingerprint density at radius 3 is 2.27 bits per heavy atom. The van der Waals surface area contributed by atoms with Gasteiger partial charge in [0.05, 0.1) is 11.0 Å². The molecule has 0 aromatic carbocycles. The van der Waals surface area contributed by atoms with Crippen molar-refractivity contribution in [1.82, 2.24) is 14.7 Å². The summed E-state index contributed by atoms with van der Waals surface area (Å²) in [6.07, 6.45) is 6.00. The van der Waals surface area contributed by atoms with Gasteiger partial charge in [0.2, 0.25) is 5.91 Å². The Bertz CT molecular complexity index is 664. The van der Waals surface area contributed by atoms with Gasteiger partial charge in [-0.05, 0) is 67.3 Å². The van der Waals surface area contributed by atoms with Crippen molar-refractivity contribution >= 4 is 5.91 Å². The number of carbonyl (C=O) groups excluding carboxylic acids is 1. The van der Waals surface area contributed by atoms with Gasteiger partial charge in [-0.25, -0.2) is 0 Å². The number of nitrogens with zero attached hydrogens (tertiary/aromatic N) is 3. The number of piperidine rings is 1. The van der Waals surface area contributed by atoms with Crippen molar-refractivity contribution in [2.24, 2.45) is 46.8 Å². The van der Waals surface area contributed by atoms with E-state index in [1.54, 1.807) is 0 Å². The Kier molecular flexibility index (Phi) is 1.48. The zero-order chi connectivity index (χ0) is 14.4. The van der Waals surface area contributed by atoms with Crippen molar-refractivity contribution in [1.29, 1.82) is 0 Å². The lowest BCUT2D eigenvalue weighted by Crippen LogP contribution is -3.07. The molecule has 6 aliphatic carbocycles. The Labute approximate surface area is 129 Å². The molecule has 114 valence electrons. The monoisotopic (exact) mass is 295 g/mol. The Morgan fingerprint density at radius 1 is 1.09 bits per heavy atom. The highest BCUT2D eigenvalue weighted by molar-refractivity contribution is 5.91. The smallest absolute Gasteiger partial charge is 0.229 e. The zero-order valence-electron chi connectivity index (χ0n) is 12.9. The first kappa shape index (κ1) is 11.3. The maximum atomic E-state index is 13.2. The molecule has 0 unspecified atom stereocenters. The van der Waals surface area contributed by atoms with Crippen molar-refractivity contribution in [3.8, 4) is 0 Å². The molecule has 7 aliphatic rings. The molecular formula is C18H21N3O. The van der Waals surface area contributed by atoms with Gasteiger partial charge >= 0.3 is 0 Å². The zero-order valence-corrected chi connectivity index (χ0v) is 12.9. The van der Waals surface area contributed by atoms with Crippen molar-refractivity contribution in [2.75, 3.05) is 13.1 Å². The summed E-state index contributed by atoms with van der Waals surface area (Å²) in [4.78, 5) is 15.4. The third-order valence-corrected chi connectivity index (χ3v) is 9.03. The second-order valence-electron chi connectivity index (χ2n) is 9.06. The minimum Gasteiger partial charge on any atom is -0.342 e. The van der Waals surface area contributed by atoms with Crippen LogP contribution in [0.25, 0.3) is 0 Å². The molecule has 7 fully saturated rings. The number of aromatic nitrogens is 2. The van der Waals surface area contributed by atoms with E-state index in [-0.39, 0.29) is 11.0 Å². The van der Waals surface area contributed by atoms with Crippen LogP contribution in [0, 0.1) is 46.8 Å². The van der Waals surface area contributed by atoms with E-state index < -0.39 is 0 Å². The van der Waals surface area contributed by atoms with Crippen molar-refractivity contribution in [2.45, 2.75) is 25.3 Å². The SMILES string of the molecule is CC1(n2cccn2)CCN(C(=O)C23C4C5C6C4C2C6C53)CC1. The van der Waals surface area contributed by atoms with Crippen LogP contribution in [0.15, 0.2) is 18.5 Å². The van der Waals surface area contributed by atoms with Crippen molar-refractivity contribution < 1.29 is 4.79 Å². The lowest BCUT2D eigenvalue weighted by Gasteiger charge is -3.06. The van der Waals surface area contributed by atoms with Gasteiger partial charge < -0.3 is 4.90 Å². The van der Waals surface area contributed by atoms with Crippen LogP contribution in [0.5, 0.6) is 0 Å². The second kappa shape index (κ2) is 2.90. The minimum absolute atomic E-state index is 0.0896. The van der Waals surface area contributed by atoms with Gasteiger partial charge in [-0.2, -0.15) is 5.10 Å². The standard InChI is InChI=1S/C18H21N3O/c1-17(21-6-2-5-19-21)3-7-20(8-4-17)16(22)18-13-10-9-11(13)15(18)12(9)14(10)18/h2,5-6,9-15H,3-4,7-8H2,1H3. The quantitative estimate of drug-likeness (QED) is 0.831. The van der Waals surface area contributed by atoms with Gasteiger partial charge in [0.25, 0.3) is 0 Å². The summed E-state index contributed by atoms with van der Waals surface area (Å²) in [5, 5.41) is 4.43. The molecule has 0 radical (unpaired) electrons. The molecule has 8 rings (SSSR count). The molecule has 1 aliphatic heterocycles. The number of amides is 1. The van der Waals surface area contributed by atoms with Crippen LogP contribution < -0.4 is 0 Å². The molecule has 2 heterocycles. The molecular weight excluding hydrogens is 274 g/mol. The second-order valence-corrected chi connectivity index (χ2v) is 9.06. The predicted molar refractivity (Wildman–Crippen MR) is 78.6 cm³/mol. The molecule has 4 heteroatoms. The van der Waals surface area contributed by atoms with Crippen molar-refractivity contribution in [3.05, 3.63) is 18.5 Å². The minimum atomic E-state index is 0.0896. The summed E-state index contributed by atoms with van der Waals surface area (Å²) in [6, 6.07) is 2.00. The first-order valence-corrected chi connectivity index (χ1v) is 8.99. The van der Waals surface area contributed by atoms with Crippen LogP contribution >= 0.6 is 0 Å². The van der Waals surface area contributed by atoms with E-state index in [2.05, 4.69) is 27.8 Å². The van der Waals surface area contributed by atoms with Crippen LogP contribution in [-0.2, 0) is 10.3 Å². The molecule has 0 N–H and O–H groups in total. The molecule has 1 aromatic rings. The molecule has 1 aromatic heterocycles. The normalized spacial score (nSPS) is 56.8. The first-order chi connectivity index (χ1) is 10.7. The van der Waals surface area contributed by atoms with Gasteiger partial charge in [-0.15, -0.1) is 0 Å². The van der Waals surface area contributed by atoms with Gasteiger partial charge in [0, 0.05) is 25.5 Å². The fraction of sp³-hybridized carbons (Fsp3) is 0.778. The highest BCUT2D eigenvalue weighted by atomic mass is 16.2. The number of hydrogen-bond donors (Lipinski definition) is 0. The van der Waals surface area contributed by atoms with Crippen LogP contribution in [0.3, 0.4) is 0 Å². The van der Waals surface area contributed by atoms with E-state index in [1.807, 2.05) is 12.3 Å². The lowest BCUT2D eigenvalue weighted by atomic mass is 8.96. The van der Waals surface area contributed by atoms with Gasteiger partial charge in [-0.3, -0.25) is 9.48 Å². The third-order valence-electron chi connectivity index (χ3n) is 9.03. The number of hydrogen-bond acceptors (Lipinski definition) is 2. The highest BCUT2D eigenvalue weighted by Crippen LogP contribution is 3.06. The van der Waals surface area contributed by atoms with E-state index in [9.17, 15) is 4.79 Å². The summed E-state index contributed by atoms with van der Waals surface area (Å²) in [5.74, 6) is 7.17. The largest absolute Gasteiger partial charge is 0.342 e. The maximum Gasteiger partial charge on any atom is 0.229 e. The average molecular weight is 295 g/mol. The summed E-state index contributed by atoms with van der Waals surface area (Å²) >= 11 is 0. The van der Waals surface area contributed by atoms with E-state index in [1.165, 1.54) is 0 Å².